The predicted molar refractivity (Wildman–Crippen MR) is 202 cm³/mol. The molecule has 0 atom stereocenters. The van der Waals surface area contributed by atoms with Crippen molar-refractivity contribution in [2.75, 3.05) is 36.1 Å². The molecule has 1 heterocycles. The fraction of sp³-hybridized carbons (Fsp3) is 0.368. The third-order valence-corrected chi connectivity index (χ3v) is 9.09. The average Bonchev–Trinajstić information content (AvgIpc) is 3.43. The Morgan fingerprint density at radius 1 is 0.940 bits per heavy atom. The molecule has 1 aromatic heterocycles. The number of amides is 1. The fourth-order valence-corrected chi connectivity index (χ4v) is 6.09. The van der Waals surface area contributed by atoms with Crippen LogP contribution in [0.3, 0.4) is 0 Å². The Morgan fingerprint density at radius 3 is 2.26 bits per heavy atom. The Hall–Kier alpha value is -4.81. The number of rotatable bonds is 18. The number of aromatic nitrogens is 2. The van der Waals surface area contributed by atoms with Crippen LogP contribution in [-0.2, 0) is 27.8 Å². The van der Waals surface area contributed by atoms with Crippen LogP contribution in [0.4, 0.5) is 17.1 Å². The molecule has 0 aliphatic heterocycles. The van der Waals surface area contributed by atoms with Gasteiger partial charge in [-0.15, -0.1) is 0 Å². The van der Waals surface area contributed by atoms with Crippen molar-refractivity contribution in [2.45, 2.75) is 66.3 Å². The van der Waals surface area contributed by atoms with Gasteiger partial charge in [0, 0.05) is 43.1 Å². The van der Waals surface area contributed by atoms with Crippen molar-refractivity contribution in [3.05, 3.63) is 100 Å². The molecule has 4 rings (SSSR count). The predicted octanol–water partition coefficient (Wildman–Crippen LogP) is 6.26. The number of H-pyrrole nitrogens is 1. The zero-order valence-corrected chi connectivity index (χ0v) is 30.4. The highest BCUT2D eigenvalue weighted by Gasteiger charge is 2.29. The number of aliphatic imine (C=N–C) groups is 1. The van der Waals surface area contributed by atoms with Crippen LogP contribution in [0, 0.1) is 6.92 Å². The highest BCUT2D eigenvalue weighted by atomic mass is 32.2. The first kappa shape index (κ1) is 38.0. The number of carbonyl (C=O) groups excluding carboxylic acids is 2. The molecule has 266 valence electrons. The summed E-state index contributed by atoms with van der Waals surface area (Å²) in [6.07, 6.45) is 5.76. The third-order valence-electron chi connectivity index (χ3n) is 8.36. The summed E-state index contributed by atoms with van der Waals surface area (Å²) >= 11 is 0. The smallest absolute Gasteiger partial charge is 0.326 e. The third kappa shape index (κ3) is 10.1. The molecule has 0 aliphatic rings. The number of nitrogens with zero attached hydrogens (tertiary/aromatic N) is 3. The summed E-state index contributed by atoms with van der Waals surface area (Å²) in [5, 5.41) is 2.85. The molecule has 1 amide bonds. The molecular weight excluding hydrogens is 653 g/mol. The molecule has 0 fully saturated rings. The first-order chi connectivity index (χ1) is 23.9. The van der Waals surface area contributed by atoms with Crippen molar-refractivity contribution in [3.63, 3.8) is 0 Å². The van der Waals surface area contributed by atoms with Crippen molar-refractivity contribution < 1.29 is 18.0 Å². The second-order valence-electron chi connectivity index (χ2n) is 12.3. The van der Waals surface area contributed by atoms with E-state index in [9.17, 15) is 22.8 Å². The number of hydrogen-bond donors (Lipinski definition) is 3. The van der Waals surface area contributed by atoms with E-state index >= 15 is 0 Å². The summed E-state index contributed by atoms with van der Waals surface area (Å²) < 4.78 is 27.2. The van der Waals surface area contributed by atoms with E-state index < -0.39 is 27.4 Å². The Balaban J connectivity index is 1.77. The SMILES string of the molecule is CCCCc1ccc(NC(=O)C(=Nc2ccc(N(CC)CCNS(C)(=O)=O)cc2C)C(=O)c2[nH]c(=O)n(CCCC)c2-c2ccccc2)cc1. The molecule has 3 aromatic carbocycles. The van der Waals surface area contributed by atoms with Gasteiger partial charge in [-0.25, -0.2) is 22.9 Å². The molecule has 12 heteroatoms. The maximum atomic E-state index is 14.5. The molecule has 0 bridgehead atoms. The molecule has 4 aromatic rings. The largest absolute Gasteiger partial charge is 0.370 e. The first-order valence-corrected chi connectivity index (χ1v) is 19.1. The van der Waals surface area contributed by atoms with Gasteiger partial charge >= 0.3 is 5.69 Å². The van der Waals surface area contributed by atoms with Crippen LogP contribution in [0.15, 0.2) is 82.6 Å². The zero-order chi connectivity index (χ0) is 36.3. The van der Waals surface area contributed by atoms with E-state index in [4.69, 9.17) is 0 Å². The Labute approximate surface area is 294 Å². The maximum Gasteiger partial charge on any atom is 0.326 e. The molecule has 11 nitrogen and oxygen atoms in total. The van der Waals surface area contributed by atoms with Gasteiger partial charge in [-0.3, -0.25) is 14.2 Å². The molecule has 0 unspecified atom stereocenters. The number of anilines is 2. The van der Waals surface area contributed by atoms with Crippen LogP contribution in [0.5, 0.6) is 0 Å². The Kier molecular flexibility index (Phi) is 13.5. The van der Waals surface area contributed by atoms with E-state index in [1.807, 2.05) is 92.4 Å². The van der Waals surface area contributed by atoms with Crippen molar-refractivity contribution in [2.24, 2.45) is 4.99 Å². The number of carbonyl (C=O) groups is 2. The summed E-state index contributed by atoms with van der Waals surface area (Å²) in [6, 6.07) is 22.1. The van der Waals surface area contributed by atoms with E-state index in [0.29, 0.717) is 47.8 Å². The molecule has 50 heavy (non-hydrogen) atoms. The van der Waals surface area contributed by atoms with Gasteiger partial charge in [-0.2, -0.15) is 0 Å². The molecule has 0 saturated heterocycles. The van der Waals surface area contributed by atoms with Crippen molar-refractivity contribution in [1.82, 2.24) is 14.3 Å². The van der Waals surface area contributed by atoms with Gasteiger partial charge in [0.15, 0.2) is 5.71 Å². The van der Waals surface area contributed by atoms with Gasteiger partial charge in [0.2, 0.25) is 15.8 Å². The van der Waals surface area contributed by atoms with E-state index in [0.717, 1.165) is 49.6 Å². The second kappa shape index (κ2) is 17.7. The van der Waals surface area contributed by atoms with Crippen LogP contribution in [0.25, 0.3) is 11.3 Å². The monoisotopic (exact) mass is 700 g/mol. The summed E-state index contributed by atoms with van der Waals surface area (Å²) in [6.45, 7) is 9.67. The molecule has 0 spiro atoms. The Morgan fingerprint density at radius 2 is 1.64 bits per heavy atom. The summed E-state index contributed by atoms with van der Waals surface area (Å²) in [7, 11) is -3.32. The van der Waals surface area contributed by atoms with Gasteiger partial charge < -0.3 is 15.2 Å². The van der Waals surface area contributed by atoms with Gasteiger partial charge in [-0.1, -0.05) is 69.2 Å². The summed E-state index contributed by atoms with van der Waals surface area (Å²) in [5.41, 5.74) is 3.86. The number of benzene rings is 3. The van der Waals surface area contributed by atoms with E-state index in [1.165, 1.54) is 0 Å². The normalized spacial score (nSPS) is 11.8. The van der Waals surface area contributed by atoms with Crippen LogP contribution >= 0.6 is 0 Å². The summed E-state index contributed by atoms with van der Waals surface area (Å²) in [4.78, 5) is 51.2. The van der Waals surface area contributed by atoms with Crippen LogP contribution in [0.1, 0.15) is 68.1 Å². The number of aryl methyl sites for hydroxylation is 2. The highest BCUT2D eigenvalue weighted by molar-refractivity contribution is 7.88. The number of nitrogens with one attached hydrogen (secondary N) is 3. The lowest BCUT2D eigenvalue weighted by molar-refractivity contribution is -0.110. The van der Waals surface area contributed by atoms with Gasteiger partial charge in [0.05, 0.1) is 17.6 Å². The molecule has 0 saturated carbocycles. The number of likely N-dealkylation sites (N-methyl/N-ethyl adjacent to an activating group) is 1. The van der Waals surface area contributed by atoms with Crippen LogP contribution in [-0.4, -0.2) is 61.3 Å². The topological polar surface area (TPSA) is 146 Å². The van der Waals surface area contributed by atoms with Gasteiger partial charge in [0.1, 0.15) is 5.69 Å². The quantitative estimate of drug-likeness (QED) is 0.0635. The minimum absolute atomic E-state index is 0.00840. The van der Waals surface area contributed by atoms with E-state index in [2.05, 4.69) is 26.9 Å². The number of ketones is 1. The number of unbranched alkanes of at least 4 members (excludes halogenated alkanes) is 2. The fourth-order valence-electron chi connectivity index (χ4n) is 5.63. The standard InChI is InChI=1S/C38H48N6O5S/c1-6-9-14-28-17-19-30(20-18-28)40-37(46)34(41-32-22-21-31(26-27(32)4)43(8-3)25-23-39-50(5,48)49)36(45)33-35(29-15-12-11-13-16-29)44(24-10-7-2)38(47)42-33/h11-13,15-22,26,39H,6-10,14,23-25H2,1-5H3,(H,40,46)(H,42,47). The average molecular weight is 701 g/mol. The van der Waals surface area contributed by atoms with Gasteiger partial charge in [-0.05, 0) is 74.6 Å². The number of hydrogen-bond acceptors (Lipinski definition) is 7. The number of sulfonamides is 1. The van der Waals surface area contributed by atoms with Crippen molar-refractivity contribution in [1.29, 1.82) is 0 Å². The molecular formula is C38H48N6O5S. The lowest BCUT2D eigenvalue weighted by atomic mass is 10.0. The van der Waals surface area contributed by atoms with Crippen molar-refractivity contribution >= 4 is 44.5 Å². The highest BCUT2D eigenvalue weighted by Crippen LogP contribution is 2.27. The molecule has 0 aliphatic carbocycles. The summed E-state index contributed by atoms with van der Waals surface area (Å²) in [5.74, 6) is -1.42. The van der Waals surface area contributed by atoms with Gasteiger partial charge in [0.25, 0.3) is 5.91 Å². The van der Waals surface area contributed by atoms with E-state index in [-0.39, 0.29) is 18.0 Å². The number of aromatic amines is 1. The molecule has 3 N–H and O–H groups in total. The maximum absolute atomic E-state index is 14.5. The number of Topliss-reactive ketones (excluding diaryl/α,β-unsaturated/α-hetero) is 1. The zero-order valence-electron chi connectivity index (χ0n) is 29.6. The lowest BCUT2D eigenvalue weighted by Gasteiger charge is -2.24. The van der Waals surface area contributed by atoms with Crippen molar-refractivity contribution in [3.8, 4) is 11.3 Å². The minimum atomic E-state index is -3.32. The molecule has 0 radical (unpaired) electrons. The van der Waals surface area contributed by atoms with Crippen LogP contribution < -0.4 is 20.6 Å². The Bertz CT molecular complexity index is 1960. The van der Waals surface area contributed by atoms with Crippen LogP contribution in [0.2, 0.25) is 0 Å². The second-order valence-corrected chi connectivity index (χ2v) is 14.1. The van der Waals surface area contributed by atoms with E-state index in [1.54, 1.807) is 10.6 Å². The lowest BCUT2D eigenvalue weighted by Crippen LogP contribution is -2.34. The number of imidazole rings is 1. The first-order valence-electron chi connectivity index (χ1n) is 17.2. The minimum Gasteiger partial charge on any atom is -0.370 e.